The van der Waals surface area contributed by atoms with E-state index in [1.54, 1.807) is 11.3 Å². The molecule has 8 heteroatoms. The Balaban J connectivity index is 1.59. The normalized spacial score (nSPS) is 13.1. The number of rotatable bonds is 4. The van der Waals surface area contributed by atoms with Gasteiger partial charge in [0.25, 0.3) is 0 Å². The summed E-state index contributed by atoms with van der Waals surface area (Å²) in [4.78, 5) is 16.2. The summed E-state index contributed by atoms with van der Waals surface area (Å²) >= 11 is 1.69. The van der Waals surface area contributed by atoms with Crippen molar-refractivity contribution >= 4 is 61.1 Å². The number of amides is 1. The molecule has 1 aliphatic heterocycles. The zero-order chi connectivity index (χ0) is 19.8. The van der Waals surface area contributed by atoms with Crippen LogP contribution in [0.2, 0.25) is 0 Å². The van der Waals surface area contributed by atoms with Crippen LogP contribution in [0.25, 0.3) is 21.0 Å². The first-order valence-corrected chi connectivity index (χ1v) is 9.95. The van der Waals surface area contributed by atoms with Gasteiger partial charge >= 0.3 is 0 Å². The second-order valence-electron chi connectivity index (χ2n) is 6.68. The van der Waals surface area contributed by atoms with E-state index in [1.165, 1.54) is 11.6 Å². The highest BCUT2D eigenvalue weighted by Gasteiger charge is 2.13. The number of nitrogens with zero attached hydrogens (tertiary/aromatic N) is 4. The Labute approximate surface area is 170 Å². The molecule has 0 aliphatic carbocycles. The molecule has 2 aromatic carbocycles. The molecule has 7 nitrogen and oxygen atoms in total. The molecule has 1 aliphatic rings. The third-order valence-electron chi connectivity index (χ3n) is 4.62. The molecule has 2 N–H and O–H groups in total. The maximum Gasteiger partial charge on any atom is 0.221 e. The molecular weight excluding hydrogens is 384 g/mol. The second-order valence-corrected chi connectivity index (χ2v) is 7.59. The van der Waals surface area contributed by atoms with Gasteiger partial charge < -0.3 is 10.6 Å². The predicted octanol–water partition coefficient (Wildman–Crippen LogP) is 5.32. The minimum atomic E-state index is -0.105. The molecule has 1 amide bonds. The molecule has 2 aromatic heterocycles. The molecule has 0 saturated heterocycles. The van der Waals surface area contributed by atoms with Crippen LogP contribution in [0.1, 0.15) is 12.5 Å². The number of hydrogen-bond donors (Lipinski definition) is 2. The third-order valence-corrected chi connectivity index (χ3v) is 5.57. The maximum absolute atomic E-state index is 11.3. The highest BCUT2D eigenvalue weighted by Crippen LogP contribution is 2.35. The molecule has 3 heterocycles. The molecule has 29 heavy (non-hydrogen) atoms. The zero-order valence-electron chi connectivity index (χ0n) is 15.5. The van der Waals surface area contributed by atoms with Gasteiger partial charge in [0.05, 0.1) is 11.2 Å². The SMILES string of the molecule is CC(=O)Nc1cccc(Nc2nc3cc(C4=NN=NC4)ccc3c3sccc23)c1. The van der Waals surface area contributed by atoms with Crippen LogP contribution in [-0.4, -0.2) is 23.1 Å². The van der Waals surface area contributed by atoms with Crippen molar-refractivity contribution in [3.05, 3.63) is 59.5 Å². The number of thiophene rings is 1. The quantitative estimate of drug-likeness (QED) is 0.485. The first-order valence-electron chi connectivity index (χ1n) is 9.07. The number of benzene rings is 2. The summed E-state index contributed by atoms with van der Waals surface area (Å²) in [6.45, 7) is 1.99. The fourth-order valence-electron chi connectivity index (χ4n) is 3.36. The van der Waals surface area contributed by atoms with Gasteiger partial charge in [-0.05, 0) is 40.9 Å². The molecule has 142 valence electrons. The van der Waals surface area contributed by atoms with Crippen molar-refractivity contribution in [3.8, 4) is 0 Å². The van der Waals surface area contributed by atoms with Crippen LogP contribution in [0, 0.1) is 0 Å². The average molecular weight is 400 g/mol. The van der Waals surface area contributed by atoms with E-state index in [4.69, 9.17) is 4.98 Å². The lowest BCUT2D eigenvalue weighted by molar-refractivity contribution is -0.114. The number of aromatic nitrogens is 1. The van der Waals surface area contributed by atoms with E-state index in [-0.39, 0.29) is 5.91 Å². The topological polar surface area (TPSA) is 91.1 Å². The summed E-state index contributed by atoms with van der Waals surface area (Å²) in [5, 5.41) is 22.2. The zero-order valence-corrected chi connectivity index (χ0v) is 16.3. The monoisotopic (exact) mass is 400 g/mol. The van der Waals surface area contributed by atoms with Gasteiger partial charge in [-0.15, -0.1) is 16.4 Å². The van der Waals surface area contributed by atoms with Crippen LogP contribution in [0.15, 0.2) is 69.3 Å². The van der Waals surface area contributed by atoms with Crippen LogP contribution < -0.4 is 10.6 Å². The molecule has 0 bridgehead atoms. The largest absolute Gasteiger partial charge is 0.340 e. The van der Waals surface area contributed by atoms with Crippen molar-refractivity contribution in [1.82, 2.24) is 4.98 Å². The molecule has 0 radical (unpaired) electrons. The average Bonchev–Trinajstić information content (AvgIpc) is 3.40. The second kappa shape index (κ2) is 7.06. The lowest BCUT2D eigenvalue weighted by Gasteiger charge is -2.11. The smallest absolute Gasteiger partial charge is 0.221 e. The van der Waals surface area contributed by atoms with Gasteiger partial charge in [0.1, 0.15) is 12.4 Å². The Morgan fingerprint density at radius 2 is 1.97 bits per heavy atom. The fourth-order valence-corrected chi connectivity index (χ4v) is 4.29. The first-order chi connectivity index (χ1) is 14.2. The van der Waals surface area contributed by atoms with Crippen LogP contribution in [0.5, 0.6) is 0 Å². The van der Waals surface area contributed by atoms with Gasteiger partial charge in [0.2, 0.25) is 5.91 Å². The standard InChI is InChI=1S/C21H16N6OS/c1-12(28)23-14-3-2-4-15(10-14)24-21-17-7-8-29-20(17)16-6-5-13(9-18(16)25-21)19-11-22-27-26-19/h2-10H,11H2,1H3,(H,23,28)(H,24,25). The summed E-state index contributed by atoms with van der Waals surface area (Å²) < 4.78 is 1.17. The van der Waals surface area contributed by atoms with Crippen LogP contribution in [-0.2, 0) is 4.79 Å². The molecule has 5 rings (SSSR count). The highest BCUT2D eigenvalue weighted by molar-refractivity contribution is 7.18. The van der Waals surface area contributed by atoms with Gasteiger partial charge in [0, 0.05) is 39.3 Å². The molecule has 0 spiro atoms. The lowest BCUT2D eigenvalue weighted by atomic mass is 10.1. The van der Waals surface area contributed by atoms with E-state index in [1.807, 2.05) is 36.4 Å². The number of fused-ring (bicyclic) bond motifs is 3. The van der Waals surface area contributed by atoms with Crippen molar-refractivity contribution < 1.29 is 4.79 Å². The van der Waals surface area contributed by atoms with Crippen LogP contribution in [0.3, 0.4) is 0 Å². The third kappa shape index (κ3) is 3.34. The maximum atomic E-state index is 11.3. The Kier molecular flexibility index (Phi) is 4.25. The van der Waals surface area contributed by atoms with Crippen LogP contribution in [0.4, 0.5) is 17.2 Å². The summed E-state index contributed by atoms with van der Waals surface area (Å²) in [6.07, 6.45) is 0. The van der Waals surface area contributed by atoms with E-state index in [0.29, 0.717) is 6.54 Å². The number of hydrogen-bond acceptors (Lipinski definition) is 7. The van der Waals surface area contributed by atoms with Gasteiger partial charge in [-0.25, -0.2) is 4.98 Å². The number of anilines is 3. The highest BCUT2D eigenvalue weighted by atomic mass is 32.1. The number of pyridine rings is 1. The Morgan fingerprint density at radius 3 is 2.79 bits per heavy atom. The molecule has 4 aromatic rings. The summed E-state index contributed by atoms with van der Waals surface area (Å²) in [6, 6.07) is 15.8. The number of nitrogens with one attached hydrogen (secondary N) is 2. The Hall–Kier alpha value is -3.65. The Bertz CT molecular complexity index is 1320. The first kappa shape index (κ1) is 17.4. The van der Waals surface area contributed by atoms with E-state index in [2.05, 4.69) is 43.6 Å². The van der Waals surface area contributed by atoms with Crippen molar-refractivity contribution in [2.45, 2.75) is 6.92 Å². The molecular formula is C21H16N6OS. The predicted molar refractivity (Wildman–Crippen MR) is 117 cm³/mol. The number of carbonyl (C=O) groups is 1. The Morgan fingerprint density at radius 1 is 1.07 bits per heavy atom. The lowest BCUT2D eigenvalue weighted by Crippen LogP contribution is -2.06. The number of carbonyl (C=O) groups excluding carboxylic acids is 1. The minimum absolute atomic E-state index is 0.105. The van der Waals surface area contributed by atoms with Crippen molar-refractivity contribution in [3.63, 3.8) is 0 Å². The van der Waals surface area contributed by atoms with E-state index >= 15 is 0 Å². The molecule has 0 fully saturated rings. The molecule has 0 unspecified atom stereocenters. The van der Waals surface area contributed by atoms with Crippen molar-refractivity contribution in [1.29, 1.82) is 0 Å². The minimum Gasteiger partial charge on any atom is -0.340 e. The molecule has 0 saturated carbocycles. The summed E-state index contributed by atoms with van der Waals surface area (Å²) in [7, 11) is 0. The summed E-state index contributed by atoms with van der Waals surface area (Å²) in [5.74, 6) is 0.667. The van der Waals surface area contributed by atoms with E-state index in [9.17, 15) is 4.79 Å². The van der Waals surface area contributed by atoms with Gasteiger partial charge in [-0.2, -0.15) is 5.11 Å². The van der Waals surface area contributed by atoms with E-state index < -0.39 is 0 Å². The van der Waals surface area contributed by atoms with Gasteiger partial charge in [-0.1, -0.05) is 18.2 Å². The van der Waals surface area contributed by atoms with Gasteiger partial charge in [0.15, 0.2) is 0 Å². The fraction of sp³-hybridized carbons (Fsp3) is 0.0952. The van der Waals surface area contributed by atoms with Crippen LogP contribution >= 0.6 is 11.3 Å². The summed E-state index contributed by atoms with van der Waals surface area (Å²) in [5.41, 5.74) is 4.29. The van der Waals surface area contributed by atoms with Crippen molar-refractivity contribution in [2.24, 2.45) is 15.4 Å². The van der Waals surface area contributed by atoms with Gasteiger partial charge in [-0.3, -0.25) is 4.79 Å². The van der Waals surface area contributed by atoms with Crippen molar-refractivity contribution in [2.75, 3.05) is 17.2 Å². The van der Waals surface area contributed by atoms with E-state index in [0.717, 1.165) is 44.8 Å². The molecule has 0 atom stereocenters.